The van der Waals surface area contributed by atoms with E-state index < -0.39 is 12.6 Å². The second-order valence-corrected chi connectivity index (χ2v) is 5.75. The van der Waals surface area contributed by atoms with Crippen molar-refractivity contribution in [3.05, 3.63) is 64.7 Å². The van der Waals surface area contributed by atoms with Crippen molar-refractivity contribution >= 4 is 17.8 Å². The summed E-state index contributed by atoms with van der Waals surface area (Å²) < 4.78 is 10.4. The van der Waals surface area contributed by atoms with E-state index in [0.717, 1.165) is 28.7 Å². The lowest BCUT2D eigenvalue weighted by Gasteiger charge is -2.17. The first kappa shape index (κ1) is 16.8. The number of carboxylic acids is 1. The fraction of sp³-hybridized carbons (Fsp3) is 0.200. The molecule has 5 nitrogen and oxygen atoms in total. The Bertz CT molecular complexity index is 851. The zero-order valence-corrected chi connectivity index (χ0v) is 13.8. The smallest absolute Gasteiger partial charge is 0.341 e. The van der Waals surface area contributed by atoms with Gasteiger partial charge in [-0.15, -0.1) is 0 Å². The summed E-state index contributed by atoms with van der Waals surface area (Å²) in [6.45, 7) is -0.438. The second kappa shape index (κ2) is 7.21. The van der Waals surface area contributed by atoms with E-state index in [-0.39, 0.29) is 5.78 Å². The number of allylic oxidation sites excluding steroid dienone is 1. The molecule has 0 bridgehead atoms. The van der Waals surface area contributed by atoms with Crippen molar-refractivity contribution in [1.29, 1.82) is 0 Å². The first-order chi connectivity index (χ1) is 12.1. The standard InChI is InChI=1S/C20H18O5/c1-24-18-11-13(6-9-17(18)25-12-19(21)22)10-15-8-7-14-4-2-3-5-16(14)20(15)23/h2-6,9-11H,7-8,12H2,1H3,(H,21,22)/b15-10+. The molecule has 3 rings (SSSR count). The summed E-state index contributed by atoms with van der Waals surface area (Å²) >= 11 is 0. The van der Waals surface area contributed by atoms with Crippen molar-refractivity contribution in [1.82, 2.24) is 0 Å². The largest absolute Gasteiger partial charge is 0.493 e. The molecule has 0 saturated carbocycles. The van der Waals surface area contributed by atoms with Crippen LogP contribution in [0.3, 0.4) is 0 Å². The molecular weight excluding hydrogens is 320 g/mol. The molecule has 1 N–H and O–H groups in total. The fourth-order valence-electron chi connectivity index (χ4n) is 2.89. The van der Waals surface area contributed by atoms with Gasteiger partial charge in [0.25, 0.3) is 0 Å². The summed E-state index contributed by atoms with van der Waals surface area (Å²) in [5.74, 6) is -0.224. The minimum absolute atomic E-state index is 0.0482. The van der Waals surface area contributed by atoms with Crippen molar-refractivity contribution in [3.8, 4) is 11.5 Å². The highest BCUT2D eigenvalue weighted by atomic mass is 16.5. The number of methoxy groups -OCH3 is 1. The molecule has 0 amide bonds. The third kappa shape index (κ3) is 3.71. The fourth-order valence-corrected chi connectivity index (χ4v) is 2.89. The van der Waals surface area contributed by atoms with Crippen LogP contribution in [0.15, 0.2) is 48.0 Å². The number of aryl methyl sites for hydroxylation is 1. The first-order valence-corrected chi connectivity index (χ1v) is 7.94. The van der Waals surface area contributed by atoms with Gasteiger partial charge in [0.2, 0.25) is 0 Å². The quantitative estimate of drug-likeness (QED) is 0.846. The Morgan fingerprint density at radius 1 is 1.16 bits per heavy atom. The van der Waals surface area contributed by atoms with Gasteiger partial charge in [0.15, 0.2) is 23.9 Å². The van der Waals surface area contributed by atoms with E-state index in [1.54, 1.807) is 18.2 Å². The van der Waals surface area contributed by atoms with Gasteiger partial charge < -0.3 is 14.6 Å². The number of carbonyl (C=O) groups excluding carboxylic acids is 1. The molecule has 0 heterocycles. The molecular formula is C20H18O5. The van der Waals surface area contributed by atoms with Crippen LogP contribution in [0.25, 0.3) is 6.08 Å². The SMILES string of the molecule is COc1cc(/C=C2\CCc3ccccc3C2=O)ccc1OCC(=O)O. The highest BCUT2D eigenvalue weighted by Crippen LogP contribution is 2.31. The maximum Gasteiger partial charge on any atom is 0.341 e. The Hall–Kier alpha value is -3.08. The number of Topliss-reactive ketones (excluding diaryl/α,β-unsaturated/α-hetero) is 1. The summed E-state index contributed by atoms with van der Waals surface area (Å²) in [6, 6.07) is 12.8. The number of fused-ring (bicyclic) bond motifs is 1. The first-order valence-electron chi connectivity index (χ1n) is 7.94. The Morgan fingerprint density at radius 3 is 2.72 bits per heavy atom. The minimum atomic E-state index is -1.06. The van der Waals surface area contributed by atoms with E-state index >= 15 is 0 Å². The number of rotatable bonds is 5. The van der Waals surface area contributed by atoms with Gasteiger partial charge in [0.1, 0.15) is 0 Å². The Morgan fingerprint density at radius 2 is 1.96 bits per heavy atom. The molecule has 2 aromatic rings. The molecule has 128 valence electrons. The van der Waals surface area contributed by atoms with Crippen LogP contribution >= 0.6 is 0 Å². The second-order valence-electron chi connectivity index (χ2n) is 5.75. The molecule has 2 aromatic carbocycles. The molecule has 0 saturated heterocycles. The Labute approximate surface area is 145 Å². The summed E-state index contributed by atoms with van der Waals surface area (Å²) in [4.78, 5) is 23.3. The van der Waals surface area contributed by atoms with Crippen molar-refractivity contribution < 1.29 is 24.2 Å². The van der Waals surface area contributed by atoms with Gasteiger partial charge in [-0.05, 0) is 42.2 Å². The zero-order valence-electron chi connectivity index (χ0n) is 13.8. The average Bonchev–Trinajstić information content (AvgIpc) is 2.63. The van der Waals surface area contributed by atoms with Crippen molar-refractivity contribution in [2.24, 2.45) is 0 Å². The predicted molar refractivity (Wildman–Crippen MR) is 93.2 cm³/mol. The summed E-state index contributed by atoms with van der Waals surface area (Å²) in [5, 5.41) is 8.71. The van der Waals surface area contributed by atoms with Gasteiger partial charge in [-0.3, -0.25) is 4.79 Å². The van der Waals surface area contributed by atoms with Gasteiger partial charge >= 0.3 is 5.97 Å². The summed E-state index contributed by atoms with van der Waals surface area (Å²) in [6.07, 6.45) is 3.38. The number of hydrogen-bond acceptors (Lipinski definition) is 4. The molecule has 1 aliphatic rings. The zero-order chi connectivity index (χ0) is 17.8. The van der Waals surface area contributed by atoms with Crippen LogP contribution < -0.4 is 9.47 Å². The number of aliphatic carboxylic acids is 1. The van der Waals surface area contributed by atoms with Gasteiger partial charge in [-0.25, -0.2) is 4.79 Å². The number of ether oxygens (including phenoxy) is 2. The minimum Gasteiger partial charge on any atom is -0.493 e. The van der Waals surface area contributed by atoms with Crippen molar-refractivity contribution in [3.63, 3.8) is 0 Å². The van der Waals surface area contributed by atoms with Crippen LogP contribution in [-0.4, -0.2) is 30.6 Å². The van der Waals surface area contributed by atoms with Gasteiger partial charge in [0.05, 0.1) is 7.11 Å². The number of benzene rings is 2. The van der Waals surface area contributed by atoms with E-state index in [9.17, 15) is 9.59 Å². The lowest BCUT2D eigenvalue weighted by molar-refractivity contribution is -0.139. The maximum absolute atomic E-state index is 12.6. The van der Waals surface area contributed by atoms with E-state index in [0.29, 0.717) is 17.9 Å². The lowest BCUT2D eigenvalue weighted by atomic mass is 9.86. The molecule has 1 aliphatic carbocycles. The van der Waals surface area contributed by atoms with Crippen LogP contribution in [-0.2, 0) is 11.2 Å². The van der Waals surface area contributed by atoms with Crippen LogP contribution in [0.5, 0.6) is 11.5 Å². The molecule has 0 spiro atoms. The molecule has 5 heteroatoms. The number of carboxylic acid groups (broad SMARTS) is 1. The Kier molecular flexibility index (Phi) is 4.84. The molecule has 0 fully saturated rings. The molecule has 25 heavy (non-hydrogen) atoms. The van der Waals surface area contributed by atoms with Gasteiger partial charge in [-0.1, -0.05) is 30.3 Å². The third-order valence-electron chi connectivity index (χ3n) is 4.10. The van der Waals surface area contributed by atoms with Gasteiger partial charge in [-0.2, -0.15) is 0 Å². The predicted octanol–water partition coefficient (Wildman–Crippen LogP) is 3.37. The highest BCUT2D eigenvalue weighted by Gasteiger charge is 2.21. The van der Waals surface area contributed by atoms with E-state index in [2.05, 4.69) is 0 Å². The summed E-state index contributed by atoms with van der Waals surface area (Å²) in [5.41, 5.74) is 3.40. The summed E-state index contributed by atoms with van der Waals surface area (Å²) in [7, 11) is 1.49. The third-order valence-corrected chi connectivity index (χ3v) is 4.10. The number of ketones is 1. The van der Waals surface area contributed by atoms with Crippen LogP contribution in [0.2, 0.25) is 0 Å². The molecule has 0 atom stereocenters. The van der Waals surface area contributed by atoms with Gasteiger partial charge in [0, 0.05) is 11.1 Å². The molecule has 0 radical (unpaired) electrons. The van der Waals surface area contributed by atoms with Crippen LogP contribution in [0.1, 0.15) is 27.9 Å². The van der Waals surface area contributed by atoms with Crippen molar-refractivity contribution in [2.45, 2.75) is 12.8 Å². The molecule has 0 aromatic heterocycles. The molecule has 0 unspecified atom stereocenters. The van der Waals surface area contributed by atoms with E-state index in [4.69, 9.17) is 14.6 Å². The van der Waals surface area contributed by atoms with Crippen LogP contribution in [0.4, 0.5) is 0 Å². The normalized spacial score (nSPS) is 14.9. The van der Waals surface area contributed by atoms with E-state index in [1.165, 1.54) is 7.11 Å². The topological polar surface area (TPSA) is 72.8 Å². The van der Waals surface area contributed by atoms with Crippen molar-refractivity contribution in [2.75, 3.05) is 13.7 Å². The lowest BCUT2D eigenvalue weighted by Crippen LogP contribution is -2.13. The average molecular weight is 338 g/mol. The van der Waals surface area contributed by atoms with E-state index in [1.807, 2.05) is 30.3 Å². The monoisotopic (exact) mass is 338 g/mol. The van der Waals surface area contributed by atoms with Crippen LogP contribution in [0, 0.1) is 0 Å². The number of carbonyl (C=O) groups is 2. The highest BCUT2D eigenvalue weighted by molar-refractivity contribution is 6.13. The number of hydrogen-bond donors (Lipinski definition) is 1. The Balaban J connectivity index is 1.86. The molecule has 0 aliphatic heterocycles. The maximum atomic E-state index is 12.6.